The smallest absolute Gasteiger partial charge is 0.421 e. The minimum absolute atomic E-state index is 0.0759. The Kier molecular flexibility index (Phi) is 10.2. The van der Waals surface area contributed by atoms with Crippen molar-refractivity contribution in [1.29, 1.82) is 0 Å². The SMILES string of the molecule is CCO[C@@H]1CCN(C2CCN(c3cc(OC)c(Nc4ncc(C(F)(F)F)c(Nc5ccc6c(c5P(C)(C)=O)OCCO6)n4)cc3C)CC2)C1. The maximum Gasteiger partial charge on any atom is 0.421 e. The van der Waals surface area contributed by atoms with E-state index in [0.717, 1.165) is 69.5 Å². The van der Waals surface area contributed by atoms with Gasteiger partial charge in [-0.15, -0.1) is 0 Å². The van der Waals surface area contributed by atoms with Crippen LogP contribution in [-0.4, -0.2) is 93.5 Å². The van der Waals surface area contributed by atoms with Gasteiger partial charge in [-0.05, 0) is 70.2 Å². The van der Waals surface area contributed by atoms with Gasteiger partial charge in [-0.2, -0.15) is 18.2 Å². The van der Waals surface area contributed by atoms with E-state index < -0.39 is 24.7 Å². The fourth-order valence-electron chi connectivity index (χ4n) is 6.94. The van der Waals surface area contributed by atoms with Crippen molar-refractivity contribution >= 4 is 41.3 Å². The lowest BCUT2D eigenvalue weighted by Gasteiger charge is -2.38. The largest absolute Gasteiger partial charge is 0.494 e. The lowest BCUT2D eigenvalue weighted by atomic mass is 10.0. The van der Waals surface area contributed by atoms with Crippen LogP contribution in [0.5, 0.6) is 17.2 Å². The van der Waals surface area contributed by atoms with Crippen molar-refractivity contribution in [1.82, 2.24) is 14.9 Å². The van der Waals surface area contributed by atoms with E-state index in [1.807, 2.05) is 26.0 Å². The molecule has 0 unspecified atom stereocenters. The van der Waals surface area contributed by atoms with Gasteiger partial charge in [0.05, 0.1) is 29.9 Å². The summed E-state index contributed by atoms with van der Waals surface area (Å²) in [7, 11) is -1.51. The standard InChI is InChI=1S/C34H44F3N6O5P/c1-6-46-23-11-14-43(20-23)22-9-12-42(13-10-22)27-18-29(45-3)26(17-21(27)2)40-33-38-19-24(34(35,36)37)32(41-33)39-25-7-8-28-30(48-16-15-47-28)31(25)49(4,5)44/h7-8,17-19,22-23H,6,9-16,20H2,1-5H3,(H2,38,39,40,41)/t23-/m1/s1. The molecule has 2 aromatic carbocycles. The third-order valence-corrected chi connectivity index (χ3v) is 10.8. The molecule has 6 rings (SSSR count). The zero-order valence-electron chi connectivity index (χ0n) is 28.5. The number of methoxy groups -OCH3 is 1. The third kappa shape index (κ3) is 7.71. The monoisotopic (exact) mass is 704 g/mol. The predicted octanol–water partition coefficient (Wildman–Crippen LogP) is 6.40. The summed E-state index contributed by atoms with van der Waals surface area (Å²) in [5.74, 6) is 0.563. The number of fused-ring (bicyclic) bond motifs is 1. The molecule has 1 atom stereocenters. The lowest BCUT2D eigenvalue weighted by molar-refractivity contribution is -0.137. The molecule has 0 radical (unpaired) electrons. The highest BCUT2D eigenvalue weighted by molar-refractivity contribution is 7.70. The number of anilines is 5. The van der Waals surface area contributed by atoms with Crippen LogP contribution in [0, 0.1) is 6.92 Å². The minimum atomic E-state index is -4.76. The number of aromatic nitrogens is 2. The number of nitrogens with zero attached hydrogens (tertiary/aromatic N) is 4. The molecule has 2 fully saturated rings. The van der Waals surface area contributed by atoms with Crippen molar-refractivity contribution in [2.24, 2.45) is 0 Å². The number of hydrogen-bond donors (Lipinski definition) is 2. The molecule has 0 aliphatic carbocycles. The zero-order chi connectivity index (χ0) is 34.9. The molecule has 0 bridgehead atoms. The van der Waals surface area contributed by atoms with Gasteiger partial charge in [-0.1, -0.05) is 0 Å². The van der Waals surface area contributed by atoms with Crippen LogP contribution in [0.25, 0.3) is 0 Å². The van der Waals surface area contributed by atoms with Gasteiger partial charge in [0, 0.05) is 56.8 Å². The van der Waals surface area contributed by atoms with Gasteiger partial charge in [0.1, 0.15) is 37.5 Å². The summed E-state index contributed by atoms with van der Waals surface area (Å²) in [5.41, 5.74) is 1.63. The Balaban J connectivity index is 1.23. The molecule has 0 saturated carbocycles. The number of likely N-dealkylation sites (tertiary alicyclic amines) is 1. The van der Waals surface area contributed by atoms with Crippen molar-refractivity contribution in [3.05, 3.63) is 41.6 Å². The van der Waals surface area contributed by atoms with Crippen LogP contribution in [-0.2, 0) is 15.5 Å². The Morgan fingerprint density at radius 2 is 1.80 bits per heavy atom. The summed E-state index contributed by atoms with van der Waals surface area (Å²) in [6.07, 6.45) is -0.536. The van der Waals surface area contributed by atoms with Gasteiger partial charge in [-0.25, -0.2) is 4.98 Å². The molecule has 4 heterocycles. The van der Waals surface area contributed by atoms with E-state index in [4.69, 9.17) is 18.9 Å². The van der Waals surface area contributed by atoms with Gasteiger partial charge in [0.15, 0.2) is 11.5 Å². The van der Waals surface area contributed by atoms with Crippen molar-refractivity contribution in [3.8, 4) is 17.2 Å². The molecule has 266 valence electrons. The molecule has 3 aromatic rings. The van der Waals surface area contributed by atoms with E-state index in [-0.39, 0.29) is 29.3 Å². The second-order valence-electron chi connectivity index (χ2n) is 13.0. The summed E-state index contributed by atoms with van der Waals surface area (Å²) in [6, 6.07) is 7.47. The molecule has 0 amide bonds. The van der Waals surface area contributed by atoms with Crippen LogP contribution >= 0.6 is 7.14 Å². The number of rotatable bonds is 10. The maximum atomic E-state index is 14.2. The highest BCUT2D eigenvalue weighted by atomic mass is 31.2. The van der Waals surface area contributed by atoms with Crippen LogP contribution in [0.15, 0.2) is 30.5 Å². The second kappa shape index (κ2) is 14.2. The normalized spacial score (nSPS) is 18.9. The van der Waals surface area contributed by atoms with Gasteiger partial charge in [-0.3, -0.25) is 4.90 Å². The molecule has 49 heavy (non-hydrogen) atoms. The number of aryl methyl sites for hydroxylation is 1. The lowest BCUT2D eigenvalue weighted by Crippen LogP contribution is -2.44. The first-order chi connectivity index (χ1) is 23.4. The predicted molar refractivity (Wildman–Crippen MR) is 185 cm³/mol. The van der Waals surface area contributed by atoms with E-state index >= 15 is 0 Å². The van der Waals surface area contributed by atoms with E-state index in [2.05, 4.69) is 30.4 Å². The molecule has 2 saturated heterocycles. The molecule has 3 aliphatic rings. The Bertz CT molecular complexity index is 1710. The molecule has 11 nitrogen and oxygen atoms in total. The van der Waals surface area contributed by atoms with Gasteiger partial charge >= 0.3 is 6.18 Å². The maximum absolute atomic E-state index is 14.2. The van der Waals surface area contributed by atoms with Crippen LogP contribution in [0.2, 0.25) is 0 Å². The second-order valence-corrected chi connectivity index (χ2v) is 16.1. The summed E-state index contributed by atoms with van der Waals surface area (Å²) in [5, 5.41) is 6.10. The fourth-order valence-corrected chi connectivity index (χ4v) is 8.32. The molecule has 2 N–H and O–H groups in total. The number of hydrogen-bond acceptors (Lipinski definition) is 11. The number of ether oxygens (including phenoxy) is 4. The van der Waals surface area contributed by atoms with Gasteiger partial charge in [0.2, 0.25) is 5.95 Å². The Morgan fingerprint density at radius 1 is 1.04 bits per heavy atom. The summed E-state index contributed by atoms with van der Waals surface area (Å²) in [6.45, 7) is 12.2. The Hall–Kier alpha value is -3.74. The number of alkyl halides is 3. The quantitative estimate of drug-likeness (QED) is 0.229. The molecule has 1 aromatic heterocycles. The molecule has 0 spiro atoms. The van der Waals surface area contributed by atoms with Crippen molar-refractivity contribution in [2.45, 2.75) is 51.4 Å². The van der Waals surface area contributed by atoms with Gasteiger partial charge in [0.25, 0.3) is 0 Å². The molecular formula is C34H44F3N6O5P. The van der Waals surface area contributed by atoms with Crippen LogP contribution < -0.4 is 35.0 Å². The molecular weight excluding hydrogens is 660 g/mol. The topological polar surface area (TPSA) is 110 Å². The first-order valence-corrected chi connectivity index (χ1v) is 19.2. The van der Waals surface area contributed by atoms with Crippen LogP contribution in [0.3, 0.4) is 0 Å². The highest BCUT2D eigenvalue weighted by Gasteiger charge is 2.37. The third-order valence-electron chi connectivity index (χ3n) is 9.23. The number of piperidine rings is 1. The number of benzene rings is 2. The summed E-state index contributed by atoms with van der Waals surface area (Å²) >= 11 is 0. The number of halogens is 3. The Labute approximate surface area is 284 Å². The van der Waals surface area contributed by atoms with Crippen molar-refractivity contribution < 1.29 is 36.7 Å². The minimum Gasteiger partial charge on any atom is -0.494 e. The van der Waals surface area contributed by atoms with E-state index in [1.165, 1.54) is 19.4 Å². The number of nitrogens with one attached hydrogen (secondary N) is 2. The molecule has 3 aliphatic heterocycles. The van der Waals surface area contributed by atoms with Crippen molar-refractivity contribution in [3.63, 3.8) is 0 Å². The highest BCUT2D eigenvalue weighted by Crippen LogP contribution is 2.47. The first-order valence-electron chi connectivity index (χ1n) is 16.6. The average Bonchev–Trinajstić information content (AvgIpc) is 3.53. The van der Waals surface area contributed by atoms with Crippen LogP contribution in [0.1, 0.15) is 37.3 Å². The van der Waals surface area contributed by atoms with E-state index in [1.54, 1.807) is 13.2 Å². The molecule has 15 heteroatoms. The van der Waals surface area contributed by atoms with E-state index in [0.29, 0.717) is 35.9 Å². The zero-order valence-corrected chi connectivity index (χ0v) is 29.4. The van der Waals surface area contributed by atoms with Crippen LogP contribution in [0.4, 0.5) is 42.0 Å². The Morgan fingerprint density at radius 3 is 2.49 bits per heavy atom. The fraction of sp³-hybridized carbons (Fsp3) is 0.529. The van der Waals surface area contributed by atoms with E-state index in [9.17, 15) is 17.7 Å². The summed E-state index contributed by atoms with van der Waals surface area (Å²) in [4.78, 5) is 13.2. The van der Waals surface area contributed by atoms with Gasteiger partial charge < -0.3 is 39.0 Å². The average molecular weight is 705 g/mol. The summed E-state index contributed by atoms with van der Waals surface area (Å²) < 4.78 is 78.9. The van der Waals surface area contributed by atoms with Crippen molar-refractivity contribution in [2.75, 3.05) is 82.0 Å². The first kappa shape index (κ1) is 35.1.